The van der Waals surface area contributed by atoms with Gasteiger partial charge in [-0.2, -0.15) is 0 Å². The van der Waals surface area contributed by atoms with Gasteiger partial charge in [-0.25, -0.2) is 13.4 Å². The van der Waals surface area contributed by atoms with Gasteiger partial charge in [-0.3, -0.25) is 4.72 Å². The minimum absolute atomic E-state index is 0.0789. The van der Waals surface area contributed by atoms with Crippen molar-refractivity contribution in [2.24, 2.45) is 0 Å². The Kier molecular flexibility index (Phi) is 4.32. The highest BCUT2D eigenvalue weighted by Gasteiger charge is 2.16. The molecule has 0 bridgehead atoms. The highest BCUT2D eigenvalue weighted by atomic mass is 127. The molecule has 1 heterocycles. The number of hydrogen-bond acceptors (Lipinski definition) is 3. The van der Waals surface area contributed by atoms with Crippen molar-refractivity contribution in [1.82, 2.24) is 4.98 Å². The smallest absolute Gasteiger partial charge is 0.263 e. The van der Waals surface area contributed by atoms with Crippen molar-refractivity contribution in [3.63, 3.8) is 0 Å². The number of rotatable bonds is 3. The normalized spacial score (nSPS) is 11.3. The molecule has 7 heteroatoms. The second-order valence-electron chi connectivity index (χ2n) is 3.83. The van der Waals surface area contributed by atoms with E-state index in [0.29, 0.717) is 5.69 Å². The van der Waals surface area contributed by atoms with Gasteiger partial charge >= 0.3 is 0 Å². The molecular weight excluding hydrogens is 399 g/mol. The predicted octanol–water partition coefficient (Wildman–Crippen LogP) is 3.45. The van der Waals surface area contributed by atoms with Crippen LogP contribution >= 0.6 is 34.2 Å². The van der Waals surface area contributed by atoms with E-state index in [0.717, 1.165) is 9.13 Å². The van der Waals surface area contributed by atoms with E-state index >= 15 is 0 Å². The van der Waals surface area contributed by atoms with Crippen LogP contribution < -0.4 is 4.72 Å². The number of anilines is 1. The zero-order chi connectivity index (χ0) is 14.0. The van der Waals surface area contributed by atoms with Gasteiger partial charge in [-0.15, -0.1) is 0 Å². The van der Waals surface area contributed by atoms with Gasteiger partial charge < -0.3 is 0 Å². The van der Waals surface area contributed by atoms with E-state index in [1.54, 1.807) is 12.1 Å². The van der Waals surface area contributed by atoms with Crippen molar-refractivity contribution in [3.05, 3.63) is 50.8 Å². The first-order valence-electron chi connectivity index (χ1n) is 5.29. The number of nitrogens with zero attached hydrogens (tertiary/aromatic N) is 1. The second kappa shape index (κ2) is 5.64. The van der Waals surface area contributed by atoms with Crippen molar-refractivity contribution in [2.45, 2.75) is 11.8 Å². The van der Waals surface area contributed by atoms with E-state index in [9.17, 15) is 8.42 Å². The number of pyridine rings is 1. The third-order valence-electron chi connectivity index (χ3n) is 2.52. The summed E-state index contributed by atoms with van der Waals surface area (Å²) in [6.45, 7) is 1.86. The topological polar surface area (TPSA) is 59.1 Å². The van der Waals surface area contributed by atoms with E-state index in [1.807, 2.05) is 13.0 Å². The number of nitrogens with one attached hydrogen (secondary N) is 1. The van der Waals surface area contributed by atoms with E-state index in [4.69, 9.17) is 11.6 Å². The Morgan fingerprint density at radius 1 is 1.26 bits per heavy atom. The summed E-state index contributed by atoms with van der Waals surface area (Å²) in [5, 5.41) is 0.254. The van der Waals surface area contributed by atoms with Crippen molar-refractivity contribution >= 4 is 49.9 Å². The van der Waals surface area contributed by atoms with Crippen LogP contribution in [0.15, 0.2) is 41.4 Å². The Labute approximate surface area is 130 Å². The molecule has 0 radical (unpaired) electrons. The fraction of sp³-hybridized carbons (Fsp3) is 0.0833. The maximum Gasteiger partial charge on any atom is 0.263 e. The van der Waals surface area contributed by atoms with Crippen LogP contribution in [0.25, 0.3) is 0 Å². The Morgan fingerprint density at radius 3 is 2.63 bits per heavy atom. The molecule has 1 N–H and O–H groups in total. The minimum atomic E-state index is -3.64. The molecule has 0 saturated carbocycles. The quantitative estimate of drug-likeness (QED) is 0.625. The number of sulfonamides is 1. The molecule has 100 valence electrons. The molecule has 0 saturated heterocycles. The van der Waals surface area contributed by atoms with Crippen molar-refractivity contribution in [3.8, 4) is 0 Å². The molecule has 1 aromatic carbocycles. The summed E-state index contributed by atoms with van der Waals surface area (Å²) in [7, 11) is -3.64. The zero-order valence-electron chi connectivity index (χ0n) is 9.89. The number of hydrogen-bond donors (Lipinski definition) is 1. The van der Waals surface area contributed by atoms with E-state index in [2.05, 4.69) is 32.3 Å². The van der Waals surface area contributed by atoms with E-state index < -0.39 is 10.0 Å². The van der Waals surface area contributed by atoms with Crippen LogP contribution in [-0.2, 0) is 10.0 Å². The summed E-state index contributed by atoms with van der Waals surface area (Å²) in [6.07, 6.45) is 1.23. The average molecular weight is 409 g/mol. The first kappa shape index (κ1) is 14.5. The largest absolute Gasteiger partial charge is 0.279 e. The molecule has 0 fully saturated rings. The molecule has 2 rings (SSSR count). The maximum absolute atomic E-state index is 12.2. The van der Waals surface area contributed by atoms with Crippen LogP contribution in [-0.4, -0.2) is 13.4 Å². The lowest BCUT2D eigenvalue weighted by molar-refractivity contribution is 0.601. The fourth-order valence-electron chi connectivity index (χ4n) is 1.44. The number of benzene rings is 1. The monoisotopic (exact) mass is 408 g/mol. The first-order chi connectivity index (χ1) is 8.90. The standard InChI is InChI=1S/C12H10ClIN2O2S/c1-8-10(14)3-2-4-11(8)16-19(17,18)9-5-6-12(13)15-7-9/h2-7,16H,1H3. The Morgan fingerprint density at radius 2 is 2.00 bits per heavy atom. The summed E-state index contributed by atoms with van der Waals surface area (Å²) < 4.78 is 27.9. The Balaban J connectivity index is 2.36. The van der Waals surface area contributed by atoms with Gasteiger partial charge in [0.2, 0.25) is 0 Å². The lowest BCUT2D eigenvalue weighted by Gasteiger charge is -2.11. The van der Waals surface area contributed by atoms with Gasteiger partial charge in [0, 0.05) is 9.77 Å². The molecule has 1 aromatic heterocycles. The van der Waals surface area contributed by atoms with Crippen LogP contribution in [0.3, 0.4) is 0 Å². The number of halogens is 2. The minimum Gasteiger partial charge on any atom is -0.279 e. The van der Waals surface area contributed by atoms with Gasteiger partial charge in [0.1, 0.15) is 10.0 Å². The zero-order valence-corrected chi connectivity index (χ0v) is 13.6. The lowest BCUT2D eigenvalue weighted by atomic mass is 10.2. The maximum atomic E-state index is 12.2. The summed E-state index contributed by atoms with van der Waals surface area (Å²) in [6, 6.07) is 8.29. The molecule has 2 aromatic rings. The summed E-state index contributed by atoms with van der Waals surface area (Å²) in [5.74, 6) is 0. The molecule has 0 unspecified atom stereocenters. The molecule has 0 atom stereocenters. The highest BCUT2D eigenvalue weighted by Crippen LogP contribution is 2.23. The summed E-state index contributed by atoms with van der Waals surface area (Å²) in [4.78, 5) is 3.85. The molecule has 0 amide bonds. The lowest BCUT2D eigenvalue weighted by Crippen LogP contribution is -2.14. The first-order valence-corrected chi connectivity index (χ1v) is 8.23. The molecule has 0 aliphatic heterocycles. The third kappa shape index (κ3) is 3.37. The summed E-state index contributed by atoms with van der Waals surface area (Å²) >= 11 is 7.80. The van der Waals surface area contributed by atoms with Crippen molar-refractivity contribution in [1.29, 1.82) is 0 Å². The van der Waals surface area contributed by atoms with Crippen LogP contribution in [0.5, 0.6) is 0 Å². The molecule has 19 heavy (non-hydrogen) atoms. The summed E-state index contributed by atoms with van der Waals surface area (Å²) in [5.41, 5.74) is 1.44. The molecule has 0 aliphatic rings. The molecule has 0 spiro atoms. The van der Waals surface area contributed by atoms with Crippen molar-refractivity contribution in [2.75, 3.05) is 4.72 Å². The SMILES string of the molecule is Cc1c(I)cccc1NS(=O)(=O)c1ccc(Cl)nc1. The molecule has 0 aliphatic carbocycles. The third-order valence-corrected chi connectivity index (χ3v) is 5.27. The van der Waals surface area contributed by atoms with Crippen LogP contribution in [0.1, 0.15) is 5.56 Å². The fourth-order valence-corrected chi connectivity index (χ4v) is 3.12. The van der Waals surface area contributed by atoms with Gasteiger partial charge in [-0.1, -0.05) is 17.7 Å². The van der Waals surface area contributed by atoms with Gasteiger partial charge in [0.25, 0.3) is 10.0 Å². The Hall–Kier alpha value is -0.860. The highest BCUT2D eigenvalue weighted by molar-refractivity contribution is 14.1. The molecular formula is C12H10ClIN2O2S. The average Bonchev–Trinajstić information content (AvgIpc) is 2.35. The predicted molar refractivity (Wildman–Crippen MR) is 84.0 cm³/mol. The van der Waals surface area contributed by atoms with Crippen LogP contribution in [0.2, 0.25) is 5.15 Å². The number of aromatic nitrogens is 1. The Bertz CT molecular complexity index is 702. The van der Waals surface area contributed by atoms with E-state index in [-0.39, 0.29) is 10.0 Å². The van der Waals surface area contributed by atoms with Gasteiger partial charge in [0.15, 0.2) is 0 Å². The van der Waals surface area contributed by atoms with Crippen LogP contribution in [0, 0.1) is 10.5 Å². The van der Waals surface area contributed by atoms with Crippen molar-refractivity contribution < 1.29 is 8.42 Å². The van der Waals surface area contributed by atoms with Gasteiger partial charge in [-0.05, 0) is 59.3 Å². The van der Waals surface area contributed by atoms with Crippen LogP contribution in [0.4, 0.5) is 5.69 Å². The second-order valence-corrected chi connectivity index (χ2v) is 7.07. The molecule has 4 nitrogen and oxygen atoms in total. The van der Waals surface area contributed by atoms with Gasteiger partial charge in [0.05, 0.1) is 5.69 Å². The van der Waals surface area contributed by atoms with E-state index in [1.165, 1.54) is 18.3 Å².